The Hall–Kier alpha value is -1.55. The maximum absolute atomic E-state index is 12.1. The highest BCUT2D eigenvalue weighted by Crippen LogP contribution is 2.35. The summed E-state index contributed by atoms with van der Waals surface area (Å²) in [6, 6.07) is 7.93. The molecule has 1 aliphatic heterocycles. The van der Waals surface area contributed by atoms with Gasteiger partial charge in [0.05, 0.1) is 6.04 Å². The van der Waals surface area contributed by atoms with Gasteiger partial charge in [0, 0.05) is 12.6 Å². The Bertz CT molecular complexity index is 479. The minimum atomic E-state index is -0.479. The lowest BCUT2D eigenvalue weighted by Crippen LogP contribution is -2.61. The summed E-state index contributed by atoms with van der Waals surface area (Å²) in [6.45, 7) is 8.19. The van der Waals surface area contributed by atoms with Crippen LogP contribution in [0.2, 0.25) is 0 Å². The second-order valence-corrected chi connectivity index (χ2v) is 6.10. The number of ether oxygens (including phenoxy) is 1. The monoisotopic (exact) mass is 262 g/mol. The second kappa shape index (κ2) is 4.85. The summed E-state index contributed by atoms with van der Waals surface area (Å²) in [5.74, 6) is 0. The molecule has 0 spiro atoms. The van der Waals surface area contributed by atoms with Crippen molar-refractivity contribution in [2.24, 2.45) is 5.73 Å². The van der Waals surface area contributed by atoms with Gasteiger partial charge in [-0.1, -0.05) is 24.3 Å². The van der Waals surface area contributed by atoms with E-state index in [4.69, 9.17) is 10.5 Å². The van der Waals surface area contributed by atoms with E-state index in [1.807, 2.05) is 52.0 Å². The molecule has 0 radical (unpaired) electrons. The van der Waals surface area contributed by atoms with Crippen LogP contribution in [0.1, 0.15) is 37.9 Å². The maximum Gasteiger partial charge on any atom is 0.410 e. The van der Waals surface area contributed by atoms with Gasteiger partial charge in [-0.2, -0.15) is 0 Å². The van der Waals surface area contributed by atoms with Crippen LogP contribution in [0, 0.1) is 6.92 Å². The lowest BCUT2D eigenvalue weighted by atomic mass is 9.88. The molecule has 0 aliphatic carbocycles. The van der Waals surface area contributed by atoms with Crippen molar-refractivity contribution in [2.45, 2.75) is 45.4 Å². The Kier molecular flexibility index (Phi) is 3.54. The third kappa shape index (κ3) is 2.89. The van der Waals surface area contributed by atoms with Gasteiger partial charge in [-0.05, 0) is 38.8 Å². The van der Waals surface area contributed by atoms with E-state index in [2.05, 4.69) is 0 Å². The van der Waals surface area contributed by atoms with Crippen molar-refractivity contribution in [3.05, 3.63) is 35.4 Å². The maximum atomic E-state index is 12.1. The zero-order valence-corrected chi connectivity index (χ0v) is 12.0. The number of amides is 1. The van der Waals surface area contributed by atoms with Gasteiger partial charge in [-0.25, -0.2) is 4.79 Å². The topological polar surface area (TPSA) is 55.6 Å². The first kappa shape index (κ1) is 13.9. The number of carbonyl (C=O) groups excluding carboxylic acids is 1. The van der Waals surface area contributed by atoms with E-state index in [-0.39, 0.29) is 18.2 Å². The predicted octanol–water partition coefficient (Wildman–Crippen LogP) is 2.61. The number of nitrogens with two attached hydrogens (primary N) is 1. The van der Waals surface area contributed by atoms with Gasteiger partial charge in [0.15, 0.2) is 0 Å². The lowest BCUT2D eigenvalue weighted by Gasteiger charge is -2.46. The number of aryl methyl sites for hydroxylation is 1. The predicted molar refractivity (Wildman–Crippen MR) is 74.8 cm³/mol. The molecule has 1 heterocycles. The second-order valence-electron chi connectivity index (χ2n) is 6.10. The third-order valence-electron chi connectivity index (χ3n) is 3.28. The number of nitrogens with zero attached hydrogens (tertiary/aromatic N) is 1. The highest BCUT2D eigenvalue weighted by molar-refractivity contribution is 5.70. The fourth-order valence-electron chi connectivity index (χ4n) is 2.36. The molecule has 2 rings (SSSR count). The molecule has 0 saturated carbocycles. The van der Waals surface area contributed by atoms with Crippen molar-refractivity contribution in [1.29, 1.82) is 0 Å². The fraction of sp³-hybridized carbons (Fsp3) is 0.533. The standard InChI is InChI=1S/C15H22N2O2/c1-10-7-5-6-8-11(10)13-12(16)9-17(13)14(18)19-15(2,3)4/h5-8,12-13H,9,16H2,1-4H3. The molecular formula is C15H22N2O2. The van der Waals surface area contributed by atoms with Crippen LogP contribution in [0.25, 0.3) is 0 Å². The Morgan fingerprint density at radius 1 is 1.37 bits per heavy atom. The molecule has 1 aliphatic rings. The Morgan fingerprint density at radius 2 is 2.00 bits per heavy atom. The summed E-state index contributed by atoms with van der Waals surface area (Å²) < 4.78 is 5.41. The molecule has 1 aromatic carbocycles. The molecule has 4 nitrogen and oxygen atoms in total. The van der Waals surface area contributed by atoms with Gasteiger partial charge in [0.25, 0.3) is 0 Å². The number of hydrogen-bond donors (Lipinski definition) is 1. The van der Waals surface area contributed by atoms with Crippen LogP contribution in [-0.4, -0.2) is 29.2 Å². The summed E-state index contributed by atoms with van der Waals surface area (Å²) in [4.78, 5) is 13.8. The van der Waals surface area contributed by atoms with Gasteiger partial charge < -0.3 is 10.5 Å². The molecule has 19 heavy (non-hydrogen) atoms. The average Bonchev–Trinajstić information content (AvgIpc) is 2.26. The van der Waals surface area contributed by atoms with Gasteiger partial charge in [0.2, 0.25) is 0 Å². The van der Waals surface area contributed by atoms with Crippen LogP contribution in [0.15, 0.2) is 24.3 Å². The van der Waals surface area contributed by atoms with Crippen LogP contribution in [0.4, 0.5) is 4.79 Å². The summed E-state index contributed by atoms with van der Waals surface area (Å²) in [6.07, 6.45) is -0.289. The van der Waals surface area contributed by atoms with Crippen LogP contribution < -0.4 is 5.73 Å². The highest BCUT2D eigenvalue weighted by atomic mass is 16.6. The number of rotatable bonds is 1. The molecule has 4 heteroatoms. The molecular weight excluding hydrogens is 240 g/mol. The van der Waals surface area contributed by atoms with E-state index in [1.165, 1.54) is 0 Å². The summed E-state index contributed by atoms with van der Waals surface area (Å²) >= 11 is 0. The van der Waals surface area contributed by atoms with E-state index in [1.54, 1.807) is 4.90 Å². The molecule has 2 unspecified atom stereocenters. The van der Waals surface area contributed by atoms with Gasteiger partial charge >= 0.3 is 6.09 Å². The van der Waals surface area contributed by atoms with Crippen molar-refractivity contribution in [3.8, 4) is 0 Å². The zero-order valence-electron chi connectivity index (χ0n) is 12.0. The number of carbonyl (C=O) groups is 1. The van der Waals surface area contributed by atoms with Crippen molar-refractivity contribution < 1.29 is 9.53 Å². The SMILES string of the molecule is Cc1ccccc1C1C(N)CN1C(=O)OC(C)(C)C. The van der Waals surface area contributed by atoms with Crippen molar-refractivity contribution >= 4 is 6.09 Å². The Labute approximate surface area is 114 Å². The molecule has 0 bridgehead atoms. The number of hydrogen-bond acceptors (Lipinski definition) is 3. The van der Waals surface area contributed by atoms with E-state index in [0.29, 0.717) is 6.54 Å². The summed E-state index contributed by atoms with van der Waals surface area (Å²) in [5.41, 5.74) is 7.84. The minimum Gasteiger partial charge on any atom is -0.444 e. The zero-order chi connectivity index (χ0) is 14.2. The average molecular weight is 262 g/mol. The van der Waals surface area contributed by atoms with Gasteiger partial charge in [-0.3, -0.25) is 4.90 Å². The first-order valence-electron chi connectivity index (χ1n) is 6.60. The molecule has 1 aromatic rings. The summed E-state index contributed by atoms with van der Waals surface area (Å²) in [7, 11) is 0. The highest BCUT2D eigenvalue weighted by Gasteiger charge is 2.43. The van der Waals surface area contributed by atoms with Crippen LogP contribution in [0.5, 0.6) is 0 Å². The normalized spacial score (nSPS) is 22.9. The number of benzene rings is 1. The minimum absolute atomic E-state index is 0.0198. The lowest BCUT2D eigenvalue weighted by molar-refractivity contribution is -0.0135. The van der Waals surface area contributed by atoms with Gasteiger partial charge in [0.1, 0.15) is 5.60 Å². The first-order chi connectivity index (χ1) is 8.79. The Balaban J connectivity index is 2.17. The van der Waals surface area contributed by atoms with Crippen LogP contribution in [-0.2, 0) is 4.74 Å². The fourth-order valence-corrected chi connectivity index (χ4v) is 2.36. The van der Waals surface area contributed by atoms with E-state index in [0.717, 1.165) is 11.1 Å². The van der Waals surface area contributed by atoms with Crippen molar-refractivity contribution in [3.63, 3.8) is 0 Å². The number of likely N-dealkylation sites (tertiary alicyclic amines) is 1. The van der Waals surface area contributed by atoms with Crippen molar-refractivity contribution in [2.75, 3.05) is 6.54 Å². The molecule has 104 valence electrons. The third-order valence-corrected chi connectivity index (χ3v) is 3.28. The smallest absolute Gasteiger partial charge is 0.410 e. The van der Waals surface area contributed by atoms with E-state index < -0.39 is 5.60 Å². The van der Waals surface area contributed by atoms with Crippen LogP contribution >= 0.6 is 0 Å². The molecule has 2 atom stereocenters. The molecule has 1 fully saturated rings. The molecule has 0 aromatic heterocycles. The first-order valence-corrected chi connectivity index (χ1v) is 6.60. The molecule has 1 amide bonds. The van der Waals surface area contributed by atoms with Gasteiger partial charge in [-0.15, -0.1) is 0 Å². The van der Waals surface area contributed by atoms with Crippen LogP contribution in [0.3, 0.4) is 0 Å². The largest absolute Gasteiger partial charge is 0.444 e. The summed E-state index contributed by atoms with van der Waals surface area (Å²) in [5, 5.41) is 0. The molecule has 1 saturated heterocycles. The molecule has 2 N–H and O–H groups in total. The van der Waals surface area contributed by atoms with Crippen molar-refractivity contribution in [1.82, 2.24) is 4.90 Å². The quantitative estimate of drug-likeness (QED) is 0.846. The van der Waals surface area contributed by atoms with E-state index in [9.17, 15) is 4.79 Å². The Morgan fingerprint density at radius 3 is 2.53 bits per heavy atom. The van der Waals surface area contributed by atoms with E-state index >= 15 is 0 Å².